The molecule has 0 saturated carbocycles. The molecule has 0 spiro atoms. The van der Waals surface area contributed by atoms with Gasteiger partial charge in [-0.3, -0.25) is 4.79 Å². The summed E-state index contributed by atoms with van der Waals surface area (Å²) in [5.74, 6) is -2.38. The van der Waals surface area contributed by atoms with E-state index < -0.39 is 23.3 Å². The largest absolute Gasteiger partial charge is 0.465 e. The summed E-state index contributed by atoms with van der Waals surface area (Å²) in [6.45, 7) is 0. The highest BCUT2D eigenvalue weighted by Gasteiger charge is 2.36. The minimum absolute atomic E-state index is 0.0402. The van der Waals surface area contributed by atoms with Crippen molar-refractivity contribution in [2.45, 2.75) is 25.7 Å². The Morgan fingerprint density at radius 1 is 0.941 bits per heavy atom. The zero-order valence-corrected chi connectivity index (χ0v) is 18.7. The minimum Gasteiger partial charge on any atom is -0.465 e. The van der Waals surface area contributed by atoms with E-state index in [1.54, 1.807) is 30.5 Å². The Morgan fingerprint density at radius 3 is 2.41 bits per heavy atom. The summed E-state index contributed by atoms with van der Waals surface area (Å²) in [6, 6.07) is 10.1. The van der Waals surface area contributed by atoms with Crippen LogP contribution in [0.5, 0.6) is 0 Å². The first-order valence-corrected chi connectivity index (χ1v) is 10.9. The van der Waals surface area contributed by atoms with Crippen LogP contribution in [0.25, 0.3) is 16.5 Å². The van der Waals surface area contributed by atoms with Gasteiger partial charge in [0.1, 0.15) is 28.0 Å². The van der Waals surface area contributed by atoms with Crippen LogP contribution in [-0.2, 0) is 22.3 Å². The van der Waals surface area contributed by atoms with Gasteiger partial charge in [0.2, 0.25) is 5.78 Å². The van der Waals surface area contributed by atoms with E-state index in [0.717, 1.165) is 30.4 Å². The first-order chi connectivity index (χ1) is 16.5. The van der Waals surface area contributed by atoms with Crippen molar-refractivity contribution in [2.24, 2.45) is 0 Å². The third kappa shape index (κ3) is 3.22. The maximum Gasteiger partial charge on any atom is 0.347 e. The van der Waals surface area contributed by atoms with Crippen LogP contribution in [0.3, 0.4) is 0 Å². The molecule has 3 heterocycles. The number of aryl methyl sites for hydroxylation is 2. The van der Waals surface area contributed by atoms with Crippen LogP contribution in [0.2, 0.25) is 0 Å². The van der Waals surface area contributed by atoms with Crippen molar-refractivity contribution in [3.63, 3.8) is 0 Å². The molecule has 0 aliphatic heterocycles. The number of para-hydroxylation sites is 1. The standard InChI is InChI=1S/C26H21NO7/c1-32-25(30)19-20(26(31)33-2)22(27-12-11-14-7-3-5-9-16(14)21(19)27)23(28)17-13-15-8-4-6-10-18(15)34-24(17)29/h4,6,8,10-13H,3,5,7,9H2,1-2H3. The Hall–Kier alpha value is -4.20. The number of carbonyl (C=O) groups is 3. The van der Waals surface area contributed by atoms with Gasteiger partial charge in [-0.1, -0.05) is 18.2 Å². The average molecular weight is 459 g/mol. The first-order valence-electron chi connectivity index (χ1n) is 10.9. The second kappa shape index (κ2) is 8.30. The molecule has 0 saturated heterocycles. The quantitative estimate of drug-likeness (QED) is 0.260. The predicted octanol–water partition coefficient (Wildman–Crippen LogP) is 3.73. The molecule has 0 radical (unpaired) electrons. The second-order valence-electron chi connectivity index (χ2n) is 8.14. The molecule has 8 heteroatoms. The number of ether oxygens (including phenoxy) is 2. The van der Waals surface area contributed by atoms with Crippen molar-refractivity contribution in [1.82, 2.24) is 4.40 Å². The van der Waals surface area contributed by atoms with E-state index >= 15 is 0 Å². The molecule has 4 aromatic rings. The Morgan fingerprint density at radius 2 is 1.65 bits per heavy atom. The average Bonchev–Trinajstić information content (AvgIpc) is 3.22. The lowest BCUT2D eigenvalue weighted by Gasteiger charge is -2.18. The molecule has 0 fully saturated rings. The molecule has 3 aromatic heterocycles. The summed E-state index contributed by atoms with van der Waals surface area (Å²) in [5.41, 5.74) is 1.18. The van der Waals surface area contributed by atoms with Crippen LogP contribution in [0.15, 0.2) is 51.8 Å². The number of methoxy groups -OCH3 is 2. The van der Waals surface area contributed by atoms with E-state index in [1.807, 2.05) is 6.07 Å². The lowest BCUT2D eigenvalue weighted by atomic mass is 9.90. The molecule has 172 valence electrons. The number of fused-ring (bicyclic) bond motifs is 4. The Balaban J connectivity index is 1.88. The van der Waals surface area contributed by atoms with Gasteiger partial charge in [-0.15, -0.1) is 0 Å². The summed E-state index contributed by atoms with van der Waals surface area (Å²) < 4.78 is 16.8. The number of rotatable bonds is 4. The van der Waals surface area contributed by atoms with Gasteiger partial charge in [-0.25, -0.2) is 14.4 Å². The van der Waals surface area contributed by atoms with Crippen molar-refractivity contribution >= 4 is 34.2 Å². The monoisotopic (exact) mass is 459 g/mol. The molecule has 0 N–H and O–H groups in total. The van der Waals surface area contributed by atoms with Crippen LogP contribution in [-0.4, -0.2) is 36.3 Å². The smallest absolute Gasteiger partial charge is 0.347 e. The van der Waals surface area contributed by atoms with Crippen molar-refractivity contribution in [2.75, 3.05) is 14.2 Å². The molecule has 0 amide bonds. The van der Waals surface area contributed by atoms with Crippen molar-refractivity contribution < 1.29 is 28.3 Å². The Kier molecular flexibility index (Phi) is 5.28. The zero-order chi connectivity index (χ0) is 24.0. The number of carbonyl (C=O) groups excluding carboxylic acids is 3. The molecule has 8 nitrogen and oxygen atoms in total. The number of hydrogen-bond donors (Lipinski definition) is 0. The lowest BCUT2D eigenvalue weighted by molar-refractivity contribution is 0.0556. The van der Waals surface area contributed by atoms with Crippen molar-refractivity contribution in [3.8, 4) is 0 Å². The molecule has 34 heavy (non-hydrogen) atoms. The van der Waals surface area contributed by atoms with Gasteiger partial charge in [0.05, 0.1) is 19.7 Å². The number of benzene rings is 1. The molecule has 1 aliphatic rings. The summed E-state index contributed by atoms with van der Waals surface area (Å²) in [5, 5.41) is 0.552. The number of ketones is 1. The van der Waals surface area contributed by atoms with E-state index in [1.165, 1.54) is 24.7 Å². The predicted molar refractivity (Wildman–Crippen MR) is 123 cm³/mol. The van der Waals surface area contributed by atoms with Crippen molar-refractivity contribution in [3.05, 3.63) is 86.5 Å². The molecular weight excluding hydrogens is 438 g/mol. The summed E-state index contributed by atoms with van der Waals surface area (Å²) in [4.78, 5) is 52.5. The normalized spacial score (nSPS) is 13.0. The van der Waals surface area contributed by atoms with E-state index in [0.29, 0.717) is 22.9 Å². The van der Waals surface area contributed by atoms with E-state index in [9.17, 15) is 19.2 Å². The van der Waals surface area contributed by atoms with Crippen LogP contribution < -0.4 is 5.63 Å². The Labute approximate surface area is 193 Å². The molecule has 1 aliphatic carbocycles. The second-order valence-corrected chi connectivity index (χ2v) is 8.14. The van der Waals surface area contributed by atoms with E-state index in [4.69, 9.17) is 13.9 Å². The molecule has 5 rings (SSSR count). The molecule has 0 atom stereocenters. The third-order valence-corrected chi connectivity index (χ3v) is 6.31. The number of pyridine rings is 1. The zero-order valence-electron chi connectivity index (χ0n) is 18.7. The Bertz CT molecular complexity index is 1560. The highest BCUT2D eigenvalue weighted by molar-refractivity contribution is 6.20. The van der Waals surface area contributed by atoms with Gasteiger partial charge in [-0.05, 0) is 55.0 Å². The van der Waals surface area contributed by atoms with Crippen LogP contribution >= 0.6 is 0 Å². The van der Waals surface area contributed by atoms with E-state index in [-0.39, 0.29) is 22.4 Å². The summed E-state index contributed by atoms with van der Waals surface area (Å²) >= 11 is 0. The minimum atomic E-state index is -0.873. The lowest BCUT2D eigenvalue weighted by Crippen LogP contribution is -2.20. The van der Waals surface area contributed by atoms with Crippen molar-refractivity contribution in [1.29, 1.82) is 0 Å². The van der Waals surface area contributed by atoms with Crippen LogP contribution in [0.4, 0.5) is 0 Å². The number of aromatic nitrogens is 1. The van der Waals surface area contributed by atoms with Gasteiger partial charge in [0.15, 0.2) is 0 Å². The fourth-order valence-corrected chi connectivity index (χ4v) is 4.75. The molecule has 0 unspecified atom stereocenters. The molecule has 1 aromatic carbocycles. The first kappa shape index (κ1) is 21.6. The highest BCUT2D eigenvalue weighted by atomic mass is 16.5. The topological polar surface area (TPSA) is 104 Å². The van der Waals surface area contributed by atoms with Gasteiger partial charge < -0.3 is 18.3 Å². The van der Waals surface area contributed by atoms with E-state index in [2.05, 4.69) is 0 Å². The SMILES string of the molecule is COC(=O)c1c(C(=O)OC)c2c3c(ccn2c1C(=O)c1cc2ccccc2oc1=O)CCCC3. The maximum atomic E-state index is 13.8. The fraction of sp³-hybridized carbons (Fsp3) is 0.231. The number of hydrogen-bond acceptors (Lipinski definition) is 7. The van der Waals surface area contributed by atoms with Gasteiger partial charge >= 0.3 is 17.6 Å². The highest BCUT2D eigenvalue weighted by Crippen LogP contribution is 2.34. The number of nitrogens with zero attached hydrogens (tertiary/aromatic N) is 1. The van der Waals surface area contributed by atoms with Gasteiger partial charge in [0.25, 0.3) is 0 Å². The summed E-state index contributed by atoms with van der Waals surface area (Å²) in [7, 11) is 2.38. The van der Waals surface area contributed by atoms with Gasteiger partial charge in [0, 0.05) is 11.6 Å². The summed E-state index contributed by atoms with van der Waals surface area (Å²) in [6.07, 6.45) is 5.06. The number of esters is 2. The van der Waals surface area contributed by atoms with Gasteiger partial charge in [-0.2, -0.15) is 0 Å². The molecule has 0 bridgehead atoms. The molecular formula is C26H21NO7. The van der Waals surface area contributed by atoms with Crippen LogP contribution in [0, 0.1) is 0 Å². The third-order valence-electron chi connectivity index (χ3n) is 6.31. The fourth-order valence-electron chi connectivity index (χ4n) is 4.75. The van der Waals surface area contributed by atoms with Crippen LogP contribution in [0.1, 0.15) is 60.7 Å². The maximum absolute atomic E-state index is 13.8.